The van der Waals surface area contributed by atoms with E-state index < -0.39 is 0 Å². The molecule has 0 saturated carbocycles. The van der Waals surface area contributed by atoms with Crippen LogP contribution >= 0.6 is 22.7 Å². The van der Waals surface area contributed by atoms with Crippen LogP contribution in [-0.2, 0) is 0 Å². The molecular weight excluding hydrogens is 1180 g/mol. The van der Waals surface area contributed by atoms with E-state index in [0.29, 0.717) is 17.5 Å². The molecule has 7 heteroatoms. The summed E-state index contributed by atoms with van der Waals surface area (Å²) in [4.78, 5) is 25.7. The largest absolute Gasteiger partial charge is 0.228 e. The summed E-state index contributed by atoms with van der Waals surface area (Å²) in [5.74, 6) is 2.71. The zero-order chi connectivity index (χ0) is 62.1. The van der Waals surface area contributed by atoms with E-state index in [0.717, 1.165) is 56.2 Å². The molecule has 0 radical (unpaired) electrons. The van der Waals surface area contributed by atoms with Crippen molar-refractivity contribution in [2.24, 2.45) is 0 Å². The number of aromatic nitrogens is 5. The van der Waals surface area contributed by atoms with Crippen molar-refractivity contribution in [1.29, 1.82) is 0 Å². The number of thiophene rings is 2. The van der Waals surface area contributed by atoms with Gasteiger partial charge in [0.25, 0.3) is 0 Å². The van der Waals surface area contributed by atoms with Crippen molar-refractivity contribution < 1.29 is 0 Å². The normalized spacial score (nSPS) is 11.6. The first-order chi connectivity index (χ1) is 46.6. The van der Waals surface area contributed by atoms with Gasteiger partial charge in [-0.25, -0.2) is 24.9 Å². The minimum atomic E-state index is 0.661. The molecular formula is C87H53N5S2. The number of hydrogen-bond donors (Lipinski definition) is 0. The molecule has 0 amide bonds. The first-order valence-corrected chi connectivity index (χ1v) is 33.2. The van der Waals surface area contributed by atoms with Gasteiger partial charge in [-0.3, -0.25) is 0 Å². The van der Waals surface area contributed by atoms with Gasteiger partial charge in [-0.15, -0.1) is 22.7 Å². The standard InChI is InChI=1S/C46H28N2S.C41H25N3S/c1-3-13-29(14-4-1)41-28-42(48-46(47-41)30-15-5-2-6-16-30)40-26-32(27-44-45(40)38-21-11-12-22-43(38)49-44)31-23-24-37-35-19-8-7-17-33(35)34-18-9-10-20-36(34)39(37)25-31;1-3-13-26(14-4-1)39-42-40(27-15-5-2-6-16-27)44-41(43-39)35-24-29(25-37-38(35)33-21-11-12-22-36(33)45-37)34-23-28-17-7-8-18-30(28)31-19-9-10-20-32(31)34/h1-28H;1-25H. The van der Waals surface area contributed by atoms with Gasteiger partial charge in [0, 0.05) is 73.7 Å². The number of benzene rings is 15. The quantitative estimate of drug-likeness (QED) is 0.142. The van der Waals surface area contributed by atoms with Gasteiger partial charge in [-0.2, -0.15) is 0 Å². The molecule has 15 aromatic carbocycles. The number of rotatable bonds is 8. The van der Waals surface area contributed by atoms with Crippen molar-refractivity contribution in [3.8, 4) is 90.3 Å². The Kier molecular flexibility index (Phi) is 13.5. The van der Waals surface area contributed by atoms with Crippen LogP contribution in [0.15, 0.2) is 322 Å². The topological polar surface area (TPSA) is 64.5 Å². The minimum absolute atomic E-state index is 0.661. The molecule has 0 fully saturated rings. The first-order valence-electron chi connectivity index (χ1n) is 31.6. The van der Waals surface area contributed by atoms with Crippen LogP contribution in [0.25, 0.3) is 185 Å². The monoisotopic (exact) mass is 1230 g/mol. The summed E-state index contributed by atoms with van der Waals surface area (Å²) in [5.41, 5.74) is 12.6. The highest BCUT2D eigenvalue weighted by Crippen LogP contribution is 2.47. The number of fused-ring (bicyclic) bond motifs is 15. The van der Waals surface area contributed by atoms with Crippen molar-refractivity contribution in [2.75, 3.05) is 0 Å². The van der Waals surface area contributed by atoms with Crippen LogP contribution in [0.1, 0.15) is 0 Å². The van der Waals surface area contributed by atoms with E-state index in [1.807, 2.05) is 83.3 Å². The van der Waals surface area contributed by atoms with Crippen LogP contribution in [0, 0.1) is 0 Å². The molecule has 0 aliphatic heterocycles. The van der Waals surface area contributed by atoms with Gasteiger partial charge in [0.2, 0.25) is 0 Å². The molecule has 19 rings (SSSR count). The molecule has 0 spiro atoms. The Hall–Kier alpha value is -11.9. The summed E-state index contributed by atoms with van der Waals surface area (Å²) in [6.07, 6.45) is 0. The van der Waals surface area contributed by atoms with Crippen molar-refractivity contribution in [3.05, 3.63) is 322 Å². The van der Waals surface area contributed by atoms with Gasteiger partial charge in [-0.1, -0.05) is 267 Å². The van der Waals surface area contributed by atoms with Crippen molar-refractivity contribution in [3.63, 3.8) is 0 Å². The maximum absolute atomic E-state index is 5.29. The molecule has 4 heterocycles. The fourth-order valence-corrected chi connectivity index (χ4v) is 16.1. The summed E-state index contributed by atoms with van der Waals surface area (Å²) < 4.78 is 4.98. The Balaban J connectivity index is 0.000000138. The highest BCUT2D eigenvalue weighted by molar-refractivity contribution is 7.26. The Bertz CT molecular complexity index is 6010. The lowest BCUT2D eigenvalue weighted by Crippen LogP contribution is -2.00. The fraction of sp³-hybridized carbons (Fsp3) is 0. The lowest BCUT2D eigenvalue weighted by molar-refractivity contribution is 1.08. The first kappa shape index (κ1) is 55.0. The van der Waals surface area contributed by atoms with Crippen LogP contribution in [-0.4, -0.2) is 24.9 Å². The molecule has 0 aliphatic carbocycles. The Labute approximate surface area is 549 Å². The molecule has 0 unspecified atom stereocenters. The average Bonchev–Trinajstić information content (AvgIpc) is 1.62. The van der Waals surface area contributed by atoms with Gasteiger partial charge in [-0.05, 0) is 131 Å². The Morgan fingerprint density at radius 3 is 1.14 bits per heavy atom. The lowest BCUT2D eigenvalue weighted by atomic mass is 9.91. The van der Waals surface area contributed by atoms with E-state index in [1.165, 1.54) is 111 Å². The van der Waals surface area contributed by atoms with Crippen molar-refractivity contribution >= 4 is 117 Å². The summed E-state index contributed by atoms with van der Waals surface area (Å²) in [6, 6.07) is 114. The van der Waals surface area contributed by atoms with E-state index in [2.05, 4.69) is 261 Å². The number of nitrogens with zero attached hydrogens (tertiary/aromatic N) is 5. The maximum atomic E-state index is 5.29. The highest BCUT2D eigenvalue weighted by Gasteiger charge is 2.22. The van der Waals surface area contributed by atoms with Gasteiger partial charge < -0.3 is 0 Å². The van der Waals surface area contributed by atoms with E-state index in [4.69, 9.17) is 24.9 Å². The number of hydrogen-bond acceptors (Lipinski definition) is 7. The molecule has 94 heavy (non-hydrogen) atoms. The van der Waals surface area contributed by atoms with E-state index >= 15 is 0 Å². The SMILES string of the molecule is c1ccc(-c2cc(-c3cc(-c4ccc5c6ccccc6c6ccccc6c5c4)cc4sc5ccccc5c34)nc(-c3ccccc3)n2)cc1.c1ccc(-c2nc(-c3ccccc3)nc(-c3cc(-c4cc5ccccc5c5ccccc45)cc4sc5ccccc5c34)n2)cc1. The molecule has 19 aromatic rings. The second-order valence-corrected chi connectivity index (χ2v) is 25.9. The van der Waals surface area contributed by atoms with Gasteiger partial charge >= 0.3 is 0 Å². The maximum Gasteiger partial charge on any atom is 0.164 e. The van der Waals surface area contributed by atoms with E-state index in [1.54, 1.807) is 0 Å². The van der Waals surface area contributed by atoms with Gasteiger partial charge in [0.1, 0.15) is 0 Å². The summed E-state index contributed by atoms with van der Waals surface area (Å²) in [6.45, 7) is 0. The molecule has 0 N–H and O–H groups in total. The zero-order valence-electron chi connectivity index (χ0n) is 50.7. The van der Waals surface area contributed by atoms with Crippen molar-refractivity contribution in [2.45, 2.75) is 0 Å². The molecule has 0 aliphatic rings. The summed E-state index contributed by atoms with van der Waals surface area (Å²) in [7, 11) is 0. The summed E-state index contributed by atoms with van der Waals surface area (Å²) in [5, 5.41) is 17.5. The van der Waals surface area contributed by atoms with E-state index in [-0.39, 0.29) is 0 Å². The van der Waals surface area contributed by atoms with Crippen LogP contribution in [0.2, 0.25) is 0 Å². The molecule has 0 atom stereocenters. The second-order valence-electron chi connectivity index (χ2n) is 23.8. The predicted octanol–water partition coefficient (Wildman–Crippen LogP) is 24.2. The molecule has 0 saturated heterocycles. The third-order valence-corrected chi connectivity index (χ3v) is 20.4. The summed E-state index contributed by atoms with van der Waals surface area (Å²) >= 11 is 3.66. The van der Waals surface area contributed by atoms with Crippen LogP contribution in [0.5, 0.6) is 0 Å². The zero-order valence-corrected chi connectivity index (χ0v) is 52.3. The average molecular weight is 1230 g/mol. The van der Waals surface area contributed by atoms with Crippen LogP contribution in [0.4, 0.5) is 0 Å². The van der Waals surface area contributed by atoms with Gasteiger partial charge in [0.15, 0.2) is 23.3 Å². The van der Waals surface area contributed by atoms with E-state index in [9.17, 15) is 0 Å². The Morgan fingerprint density at radius 2 is 0.574 bits per heavy atom. The van der Waals surface area contributed by atoms with Crippen LogP contribution < -0.4 is 0 Å². The van der Waals surface area contributed by atoms with Crippen LogP contribution in [0.3, 0.4) is 0 Å². The Morgan fingerprint density at radius 1 is 0.181 bits per heavy atom. The smallest absolute Gasteiger partial charge is 0.164 e. The van der Waals surface area contributed by atoms with Crippen molar-refractivity contribution in [1.82, 2.24) is 24.9 Å². The fourth-order valence-electron chi connectivity index (χ4n) is 13.8. The third kappa shape index (κ3) is 9.73. The second kappa shape index (κ2) is 23.1. The minimum Gasteiger partial charge on any atom is -0.228 e. The lowest BCUT2D eigenvalue weighted by Gasteiger charge is -2.14. The molecule has 5 nitrogen and oxygen atoms in total. The third-order valence-electron chi connectivity index (χ3n) is 18.2. The molecule has 4 aromatic heterocycles. The molecule has 0 bridgehead atoms. The predicted molar refractivity (Wildman–Crippen MR) is 399 cm³/mol. The molecule has 438 valence electrons. The highest BCUT2D eigenvalue weighted by atomic mass is 32.1. The van der Waals surface area contributed by atoms with Gasteiger partial charge in [0.05, 0.1) is 11.4 Å².